The van der Waals surface area contributed by atoms with Crippen molar-refractivity contribution in [2.24, 2.45) is 0 Å². The Morgan fingerprint density at radius 3 is 2.63 bits per heavy atom. The number of hydrogen-bond donors (Lipinski definition) is 1. The van der Waals surface area contributed by atoms with Crippen molar-refractivity contribution < 1.29 is 9.53 Å². The second-order valence-corrected chi connectivity index (χ2v) is 5.60. The maximum absolute atomic E-state index is 11.8. The molecule has 3 nitrogen and oxygen atoms in total. The molecule has 0 aliphatic rings. The summed E-state index contributed by atoms with van der Waals surface area (Å²) in [5, 5.41) is 2.95. The van der Waals surface area contributed by atoms with E-state index in [0.717, 1.165) is 31.4 Å². The van der Waals surface area contributed by atoms with Crippen LogP contribution in [0.3, 0.4) is 0 Å². The zero-order valence-corrected chi connectivity index (χ0v) is 13.2. The standard InChI is InChI=1S/C15H22BrNO2/c1-3-4-5-14(16)15(18)17-11-10-12-6-8-13(19-2)9-7-12/h6-9,14H,3-5,10-11H2,1-2H3,(H,17,18). The normalized spacial score (nSPS) is 11.9. The van der Waals surface area contributed by atoms with Gasteiger partial charge in [0.2, 0.25) is 5.91 Å². The highest BCUT2D eigenvalue weighted by atomic mass is 79.9. The first-order valence-electron chi connectivity index (χ1n) is 6.72. The van der Waals surface area contributed by atoms with Crippen molar-refractivity contribution >= 4 is 21.8 Å². The first-order chi connectivity index (χ1) is 9.17. The van der Waals surface area contributed by atoms with Gasteiger partial charge in [-0.25, -0.2) is 0 Å². The average molecular weight is 328 g/mol. The van der Waals surface area contributed by atoms with Gasteiger partial charge in [0.05, 0.1) is 11.9 Å². The van der Waals surface area contributed by atoms with E-state index in [-0.39, 0.29) is 10.7 Å². The molecule has 0 aliphatic carbocycles. The number of carbonyl (C=O) groups is 1. The molecule has 0 radical (unpaired) electrons. The lowest BCUT2D eigenvalue weighted by atomic mass is 10.1. The monoisotopic (exact) mass is 327 g/mol. The Bertz CT molecular complexity index is 378. The molecule has 4 heteroatoms. The van der Waals surface area contributed by atoms with Crippen molar-refractivity contribution in [3.8, 4) is 5.75 Å². The summed E-state index contributed by atoms with van der Waals surface area (Å²) in [6, 6.07) is 7.92. The lowest BCUT2D eigenvalue weighted by molar-refractivity contribution is -0.120. The Kier molecular flexibility index (Phi) is 7.56. The number of methoxy groups -OCH3 is 1. The van der Waals surface area contributed by atoms with E-state index in [2.05, 4.69) is 28.2 Å². The van der Waals surface area contributed by atoms with Gasteiger partial charge in [0.15, 0.2) is 0 Å². The first kappa shape index (κ1) is 16.0. The third-order valence-corrected chi connectivity index (χ3v) is 3.84. The maximum Gasteiger partial charge on any atom is 0.233 e. The fraction of sp³-hybridized carbons (Fsp3) is 0.533. The summed E-state index contributed by atoms with van der Waals surface area (Å²) in [5.74, 6) is 0.940. The van der Waals surface area contributed by atoms with Gasteiger partial charge in [-0.3, -0.25) is 4.79 Å². The fourth-order valence-corrected chi connectivity index (χ4v) is 2.23. The van der Waals surface area contributed by atoms with E-state index in [4.69, 9.17) is 4.74 Å². The molecule has 1 aromatic rings. The molecule has 1 atom stereocenters. The van der Waals surface area contributed by atoms with Crippen LogP contribution in [-0.4, -0.2) is 24.4 Å². The lowest BCUT2D eigenvalue weighted by Gasteiger charge is -2.10. The summed E-state index contributed by atoms with van der Waals surface area (Å²) < 4.78 is 5.10. The number of amides is 1. The third-order valence-electron chi connectivity index (χ3n) is 2.97. The molecule has 0 aromatic heterocycles. The predicted molar refractivity (Wildman–Crippen MR) is 81.9 cm³/mol. The minimum absolute atomic E-state index is 0.0664. The zero-order chi connectivity index (χ0) is 14.1. The summed E-state index contributed by atoms with van der Waals surface area (Å²) >= 11 is 3.42. The highest BCUT2D eigenvalue weighted by molar-refractivity contribution is 9.10. The Morgan fingerprint density at radius 1 is 1.37 bits per heavy atom. The number of carbonyl (C=O) groups excluding carboxylic acids is 1. The molecule has 0 saturated carbocycles. The van der Waals surface area contributed by atoms with Crippen molar-refractivity contribution in [2.75, 3.05) is 13.7 Å². The number of hydrogen-bond acceptors (Lipinski definition) is 2. The smallest absolute Gasteiger partial charge is 0.233 e. The quantitative estimate of drug-likeness (QED) is 0.744. The van der Waals surface area contributed by atoms with Crippen LogP contribution in [0, 0.1) is 0 Å². The number of ether oxygens (including phenoxy) is 1. The van der Waals surface area contributed by atoms with Crippen LogP contribution in [-0.2, 0) is 11.2 Å². The van der Waals surface area contributed by atoms with E-state index in [9.17, 15) is 4.79 Å². The largest absolute Gasteiger partial charge is 0.497 e. The van der Waals surface area contributed by atoms with Crippen LogP contribution in [0.4, 0.5) is 0 Å². The van der Waals surface area contributed by atoms with E-state index in [1.54, 1.807) is 7.11 Å². The van der Waals surface area contributed by atoms with Crippen molar-refractivity contribution in [2.45, 2.75) is 37.4 Å². The van der Waals surface area contributed by atoms with Gasteiger partial charge >= 0.3 is 0 Å². The van der Waals surface area contributed by atoms with Crippen LogP contribution < -0.4 is 10.1 Å². The Morgan fingerprint density at radius 2 is 2.05 bits per heavy atom. The van der Waals surface area contributed by atoms with Crippen LogP contribution in [0.5, 0.6) is 5.75 Å². The average Bonchev–Trinajstić information content (AvgIpc) is 2.45. The Labute approximate surface area is 123 Å². The van der Waals surface area contributed by atoms with E-state index >= 15 is 0 Å². The van der Waals surface area contributed by atoms with E-state index < -0.39 is 0 Å². The van der Waals surface area contributed by atoms with Gasteiger partial charge in [-0.15, -0.1) is 0 Å². The highest BCUT2D eigenvalue weighted by Crippen LogP contribution is 2.12. The summed E-state index contributed by atoms with van der Waals surface area (Å²) in [4.78, 5) is 11.7. The predicted octanol–water partition coefficient (Wildman–Crippen LogP) is 3.31. The molecule has 0 bridgehead atoms. The van der Waals surface area contributed by atoms with Gasteiger partial charge in [-0.05, 0) is 30.5 Å². The number of benzene rings is 1. The third kappa shape index (κ3) is 6.10. The molecule has 1 N–H and O–H groups in total. The van der Waals surface area contributed by atoms with Crippen molar-refractivity contribution in [3.63, 3.8) is 0 Å². The summed E-state index contributed by atoms with van der Waals surface area (Å²) in [7, 11) is 1.65. The summed E-state index contributed by atoms with van der Waals surface area (Å²) in [6.45, 7) is 2.79. The maximum atomic E-state index is 11.8. The molecule has 0 fully saturated rings. The Hall–Kier alpha value is -1.03. The number of halogens is 1. The van der Waals surface area contributed by atoms with Crippen LogP contribution in [0.1, 0.15) is 31.7 Å². The van der Waals surface area contributed by atoms with Crippen molar-refractivity contribution in [1.82, 2.24) is 5.32 Å². The van der Waals surface area contributed by atoms with Crippen molar-refractivity contribution in [1.29, 1.82) is 0 Å². The fourth-order valence-electron chi connectivity index (χ4n) is 1.75. The molecule has 106 valence electrons. The summed E-state index contributed by atoms with van der Waals surface area (Å²) in [5.41, 5.74) is 1.20. The molecule has 19 heavy (non-hydrogen) atoms. The number of nitrogens with one attached hydrogen (secondary N) is 1. The first-order valence-corrected chi connectivity index (χ1v) is 7.63. The van der Waals surface area contributed by atoms with Gasteiger partial charge in [-0.1, -0.05) is 47.8 Å². The van der Waals surface area contributed by atoms with E-state index in [0.29, 0.717) is 6.54 Å². The molecule has 0 spiro atoms. The summed E-state index contributed by atoms with van der Waals surface area (Å²) in [6.07, 6.45) is 3.91. The Balaban J connectivity index is 2.27. The second-order valence-electron chi connectivity index (χ2n) is 4.50. The van der Waals surface area contributed by atoms with E-state index in [1.165, 1.54) is 5.56 Å². The lowest BCUT2D eigenvalue weighted by Crippen LogP contribution is -2.32. The van der Waals surface area contributed by atoms with Crippen molar-refractivity contribution in [3.05, 3.63) is 29.8 Å². The number of unbranched alkanes of at least 4 members (excludes halogenated alkanes) is 1. The van der Waals surface area contributed by atoms with Crippen LogP contribution >= 0.6 is 15.9 Å². The molecular weight excluding hydrogens is 306 g/mol. The second kappa shape index (κ2) is 8.97. The van der Waals surface area contributed by atoms with Gasteiger partial charge < -0.3 is 10.1 Å². The van der Waals surface area contributed by atoms with Gasteiger partial charge in [0, 0.05) is 6.54 Å². The van der Waals surface area contributed by atoms with Gasteiger partial charge in [0.25, 0.3) is 0 Å². The van der Waals surface area contributed by atoms with E-state index in [1.807, 2.05) is 24.3 Å². The van der Waals surface area contributed by atoms with Gasteiger partial charge in [-0.2, -0.15) is 0 Å². The molecule has 1 unspecified atom stereocenters. The number of alkyl halides is 1. The van der Waals surface area contributed by atoms with Crippen LogP contribution in [0.15, 0.2) is 24.3 Å². The minimum atomic E-state index is -0.0664. The zero-order valence-electron chi connectivity index (χ0n) is 11.6. The number of rotatable bonds is 8. The molecule has 0 aliphatic heterocycles. The SMILES string of the molecule is CCCCC(Br)C(=O)NCCc1ccc(OC)cc1. The topological polar surface area (TPSA) is 38.3 Å². The minimum Gasteiger partial charge on any atom is -0.497 e. The highest BCUT2D eigenvalue weighted by Gasteiger charge is 2.12. The molecule has 1 rings (SSSR count). The molecule has 1 aromatic carbocycles. The van der Waals surface area contributed by atoms with Crippen LogP contribution in [0.2, 0.25) is 0 Å². The van der Waals surface area contributed by atoms with Crippen LogP contribution in [0.25, 0.3) is 0 Å². The molecular formula is C15H22BrNO2. The molecule has 1 amide bonds. The molecule has 0 saturated heterocycles. The van der Waals surface area contributed by atoms with Gasteiger partial charge in [0.1, 0.15) is 5.75 Å². The molecule has 0 heterocycles.